The third-order valence-electron chi connectivity index (χ3n) is 1.88. The van der Waals surface area contributed by atoms with E-state index in [0.29, 0.717) is 0 Å². The van der Waals surface area contributed by atoms with E-state index >= 15 is 0 Å². The molecule has 2 rings (SSSR count). The molecule has 0 amide bonds. The van der Waals surface area contributed by atoms with Crippen LogP contribution in [-0.2, 0) is 6.42 Å². The van der Waals surface area contributed by atoms with Gasteiger partial charge in [0.05, 0.1) is 6.42 Å². The second-order valence-electron chi connectivity index (χ2n) is 2.61. The van der Waals surface area contributed by atoms with Gasteiger partial charge in [-0.2, -0.15) is 0 Å². The molecule has 0 unspecified atom stereocenters. The van der Waals surface area contributed by atoms with Gasteiger partial charge in [-0.05, 0) is 11.1 Å². The van der Waals surface area contributed by atoms with Crippen molar-refractivity contribution in [1.82, 2.24) is 0 Å². The molecule has 0 N–H and O–H groups in total. The first kappa shape index (κ1) is 6.11. The van der Waals surface area contributed by atoms with Crippen LogP contribution >= 0.6 is 0 Å². The van der Waals surface area contributed by atoms with E-state index in [1.165, 1.54) is 11.1 Å². The van der Waals surface area contributed by atoms with Crippen LogP contribution in [0.2, 0.25) is 0 Å². The van der Waals surface area contributed by atoms with Crippen molar-refractivity contribution in [2.75, 3.05) is 0 Å². The zero-order valence-electron chi connectivity index (χ0n) is 5.99. The highest BCUT2D eigenvalue weighted by molar-refractivity contribution is 5.64. The Bertz CT molecular complexity index is 358. The Balaban J connectivity index is 2.49. The predicted molar refractivity (Wildman–Crippen MR) is 43.2 cm³/mol. The van der Waals surface area contributed by atoms with Crippen molar-refractivity contribution in [3.63, 3.8) is 0 Å². The fourth-order valence-corrected chi connectivity index (χ4v) is 1.33. The van der Waals surface area contributed by atoms with Gasteiger partial charge < -0.3 is 0 Å². The molecule has 2 nitrogen and oxygen atoms in total. The summed E-state index contributed by atoms with van der Waals surface area (Å²) in [4.78, 5) is 3.16. The fourth-order valence-electron chi connectivity index (χ4n) is 1.33. The first-order valence-electron chi connectivity index (χ1n) is 3.54. The lowest BCUT2D eigenvalue weighted by Crippen LogP contribution is -1.79. The maximum Gasteiger partial charge on any atom is 0.366 e. The third-order valence-corrected chi connectivity index (χ3v) is 1.88. The molecule has 1 aliphatic rings. The molecule has 0 radical (unpaired) electrons. The molecule has 0 bridgehead atoms. The average Bonchev–Trinajstić information content (AvgIpc) is 2.46. The lowest BCUT2D eigenvalue weighted by Gasteiger charge is -1.91. The van der Waals surface area contributed by atoms with Crippen molar-refractivity contribution in [2.45, 2.75) is 6.42 Å². The van der Waals surface area contributed by atoms with Crippen molar-refractivity contribution in [3.05, 3.63) is 46.1 Å². The maximum atomic E-state index is 8.49. The van der Waals surface area contributed by atoms with Crippen molar-refractivity contribution in [1.29, 1.82) is 5.39 Å². The monoisotopic (exact) mass is 143 g/mol. The van der Waals surface area contributed by atoms with E-state index in [9.17, 15) is 0 Å². The minimum atomic E-state index is 0.742. The van der Waals surface area contributed by atoms with Crippen LogP contribution in [0.25, 0.3) is 11.1 Å². The quantitative estimate of drug-likeness (QED) is 0.512. The molecule has 0 saturated heterocycles. The summed E-state index contributed by atoms with van der Waals surface area (Å²) < 4.78 is 0. The summed E-state index contributed by atoms with van der Waals surface area (Å²) in [7, 11) is 0. The molecule has 0 aromatic heterocycles. The summed E-state index contributed by atoms with van der Waals surface area (Å²) in [5.74, 6) is 0. The highest BCUT2D eigenvalue weighted by atomic mass is 14.9. The SMILES string of the molecule is N#[N+]C1=Cc2ccccc2C1. The van der Waals surface area contributed by atoms with Gasteiger partial charge in [0.15, 0.2) is 4.98 Å². The topological polar surface area (TPSA) is 28.1 Å². The highest BCUT2D eigenvalue weighted by Gasteiger charge is 2.20. The maximum absolute atomic E-state index is 8.49. The average molecular weight is 143 g/mol. The molecule has 0 fully saturated rings. The zero-order valence-corrected chi connectivity index (χ0v) is 5.99. The van der Waals surface area contributed by atoms with E-state index in [4.69, 9.17) is 5.39 Å². The van der Waals surface area contributed by atoms with E-state index in [1.54, 1.807) is 0 Å². The van der Waals surface area contributed by atoms with Crippen molar-refractivity contribution in [3.8, 4) is 0 Å². The van der Waals surface area contributed by atoms with Crippen molar-refractivity contribution in [2.24, 2.45) is 0 Å². The number of hydrogen-bond donors (Lipinski definition) is 0. The molecule has 52 valence electrons. The van der Waals surface area contributed by atoms with Crippen LogP contribution in [0.3, 0.4) is 0 Å². The Morgan fingerprint density at radius 2 is 2.09 bits per heavy atom. The van der Waals surface area contributed by atoms with Gasteiger partial charge in [-0.15, -0.1) is 0 Å². The van der Waals surface area contributed by atoms with Crippen LogP contribution in [0, 0.1) is 5.39 Å². The van der Waals surface area contributed by atoms with Crippen LogP contribution in [0.5, 0.6) is 0 Å². The van der Waals surface area contributed by atoms with Gasteiger partial charge in [-0.1, -0.05) is 24.3 Å². The number of nitrogens with zero attached hydrogens (tertiary/aromatic N) is 2. The largest absolute Gasteiger partial charge is 0.366 e. The first-order valence-corrected chi connectivity index (χ1v) is 3.54. The van der Waals surface area contributed by atoms with Gasteiger partial charge >= 0.3 is 5.70 Å². The first-order chi connectivity index (χ1) is 5.40. The molecule has 0 heterocycles. The Kier molecular flexibility index (Phi) is 1.23. The van der Waals surface area contributed by atoms with E-state index < -0.39 is 0 Å². The van der Waals surface area contributed by atoms with E-state index in [1.807, 2.05) is 30.3 Å². The van der Waals surface area contributed by atoms with Crippen LogP contribution in [-0.4, -0.2) is 0 Å². The molecule has 0 aliphatic heterocycles. The molecule has 2 heteroatoms. The van der Waals surface area contributed by atoms with Gasteiger partial charge in [0.25, 0.3) is 0 Å². The molecular weight excluding hydrogens is 136 g/mol. The molecule has 0 atom stereocenters. The van der Waals surface area contributed by atoms with Gasteiger partial charge in [0.2, 0.25) is 5.39 Å². The van der Waals surface area contributed by atoms with Crippen molar-refractivity contribution >= 4 is 6.08 Å². The summed E-state index contributed by atoms with van der Waals surface area (Å²) >= 11 is 0. The molecule has 0 saturated carbocycles. The Morgan fingerprint density at radius 3 is 2.82 bits per heavy atom. The van der Waals surface area contributed by atoms with E-state index in [-0.39, 0.29) is 0 Å². The standard InChI is InChI=1S/C9H7N2/c10-11-9-5-7-3-1-2-4-8(7)6-9/h1-5H,6H2/q+1. The number of diazo groups is 1. The van der Waals surface area contributed by atoms with E-state index in [0.717, 1.165) is 12.1 Å². The Morgan fingerprint density at radius 1 is 1.27 bits per heavy atom. The lowest BCUT2D eigenvalue weighted by molar-refractivity contribution is 1.22. The van der Waals surface area contributed by atoms with Crippen LogP contribution in [0.15, 0.2) is 30.0 Å². The molecule has 1 aromatic carbocycles. The second-order valence-corrected chi connectivity index (χ2v) is 2.61. The molecule has 0 spiro atoms. The third kappa shape index (κ3) is 0.908. The zero-order chi connectivity index (χ0) is 7.68. The van der Waals surface area contributed by atoms with Crippen molar-refractivity contribution < 1.29 is 0 Å². The van der Waals surface area contributed by atoms with Gasteiger partial charge in [0, 0.05) is 6.08 Å². The van der Waals surface area contributed by atoms with Crippen LogP contribution in [0.1, 0.15) is 11.1 Å². The predicted octanol–water partition coefficient (Wildman–Crippen LogP) is 2.44. The highest BCUT2D eigenvalue weighted by Crippen LogP contribution is 2.24. The van der Waals surface area contributed by atoms with E-state index in [2.05, 4.69) is 4.98 Å². The van der Waals surface area contributed by atoms with Crippen LogP contribution < -0.4 is 0 Å². The van der Waals surface area contributed by atoms with Gasteiger partial charge in [-0.25, -0.2) is 0 Å². The summed E-state index contributed by atoms with van der Waals surface area (Å²) in [5, 5.41) is 8.49. The molecular formula is C9H7N2+. The molecule has 11 heavy (non-hydrogen) atoms. The summed E-state index contributed by atoms with van der Waals surface area (Å²) in [5.41, 5.74) is 3.15. The number of hydrogen-bond acceptors (Lipinski definition) is 1. The minimum absolute atomic E-state index is 0.742. The van der Waals surface area contributed by atoms with Gasteiger partial charge in [-0.3, -0.25) is 0 Å². The number of allylic oxidation sites excluding steroid dienone is 1. The second kappa shape index (κ2) is 2.21. The van der Waals surface area contributed by atoms with Crippen LogP contribution in [0.4, 0.5) is 0 Å². The number of benzene rings is 1. The summed E-state index contributed by atoms with van der Waals surface area (Å²) in [6.45, 7) is 0. The minimum Gasteiger partial charge on any atom is -0.0619 e. The molecule has 1 aliphatic carbocycles. The fraction of sp³-hybridized carbons (Fsp3) is 0.111. The Labute approximate surface area is 64.8 Å². The number of fused-ring (bicyclic) bond motifs is 1. The summed E-state index contributed by atoms with van der Waals surface area (Å²) in [6, 6.07) is 8.04. The normalized spacial score (nSPS) is 13.5. The van der Waals surface area contributed by atoms with Gasteiger partial charge in [0.1, 0.15) is 0 Å². The summed E-state index contributed by atoms with van der Waals surface area (Å²) in [6.07, 6.45) is 2.65. The smallest absolute Gasteiger partial charge is 0.0619 e. The Hall–Kier alpha value is -1.62. The number of rotatable bonds is 0. The molecule has 1 aromatic rings. The lowest BCUT2D eigenvalue weighted by atomic mass is 10.1.